The number of rotatable bonds is 3. The second kappa shape index (κ2) is 5.88. The minimum atomic E-state index is -0.569. The Bertz CT molecular complexity index is 1030. The van der Waals surface area contributed by atoms with E-state index >= 15 is 0 Å². The summed E-state index contributed by atoms with van der Waals surface area (Å²) in [4.78, 5) is 29.2. The van der Waals surface area contributed by atoms with E-state index in [9.17, 15) is 9.59 Å². The number of carbonyl (C=O) groups is 1. The Labute approximate surface area is 144 Å². The second-order valence-electron chi connectivity index (χ2n) is 6.64. The van der Waals surface area contributed by atoms with Crippen LogP contribution in [0.15, 0.2) is 39.8 Å². The maximum atomic E-state index is 12.6. The monoisotopic (exact) mass is 337 g/mol. The van der Waals surface area contributed by atoms with Crippen LogP contribution < -0.4 is 10.9 Å². The lowest BCUT2D eigenvalue weighted by Gasteiger charge is -2.24. The van der Waals surface area contributed by atoms with Gasteiger partial charge in [-0.15, -0.1) is 0 Å². The number of fused-ring (bicyclic) bond motifs is 1. The number of anilines is 1. The Balaban J connectivity index is 1.63. The maximum absolute atomic E-state index is 12.6. The predicted molar refractivity (Wildman–Crippen MR) is 95.0 cm³/mol. The van der Waals surface area contributed by atoms with Gasteiger partial charge in [0.1, 0.15) is 11.3 Å². The highest BCUT2D eigenvalue weighted by atomic mass is 16.4. The number of carbonyl (C=O) groups excluding carboxylic acids is 1. The van der Waals surface area contributed by atoms with Gasteiger partial charge in [0, 0.05) is 18.7 Å². The first-order valence-electron chi connectivity index (χ1n) is 8.40. The van der Waals surface area contributed by atoms with Crippen LogP contribution >= 0.6 is 0 Å². The number of nitrogens with zero attached hydrogens (tertiary/aromatic N) is 2. The van der Waals surface area contributed by atoms with Gasteiger partial charge in [-0.25, -0.2) is 9.78 Å². The zero-order valence-electron chi connectivity index (χ0n) is 14.2. The Morgan fingerprint density at radius 2 is 2.12 bits per heavy atom. The summed E-state index contributed by atoms with van der Waals surface area (Å²) < 4.78 is 7.27. The molecule has 0 bridgehead atoms. The van der Waals surface area contributed by atoms with E-state index in [4.69, 9.17) is 4.42 Å². The van der Waals surface area contributed by atoms with Gasteiger partial charge in [0.15, 0.2) is 0 Å². The van der Waals surface area contributed by atoms with Crippen LogP contribution in [0, 0.1) is 6.92 Å². The van der Waals surface area contributed by atoms with E-state index in [1.54, 1.807) is 19.3 Å². The van der Waals surface area contributed by atoms with E-state index in [0.29, 0.717) is 22.9 Å². The van der Waals surface area contributed by atoms with Crippen LogP contribution in [0.1, 0.15) is 46.9 Å². The number of amides is 1. The topological polar surface area (TPSA) is 77.1 Å². The number of nitrogens with one attached hydrogen (secondary N) is 1. The van der Waals surface area contributed by atoms with Crippen molar-refractivity contribution in [3.05, 3.63) is 57.9 Å². The lowest BCUT2D eigenvalue weighted by atomic mass is 9.83. The van der Waals surface area contributed by atoms with Gasteiger partial charge in [-0.3, -0.25) is 4.79 Å². The molecule has 1 fully saturated rings. The molecule has 3 aromatic rings. The number of benzene rings is 1. The summed E-state index contributed by atoms with van der Waals surface area (Å²) in [5, 5.41) is 2.79. The molecule has 0 unspecified atom stereocenters. The maximum Gasteiger partial charge on any atom is 0.349 e. The first-order valence-corrected chi connectivity index (χ1v) is 8.40. The molecule has 1 amide bonds. The fourth-order valence-corrected chi connectivity index (χ4v) is 3.20. The van der Waals surface area contributed by atoms with Crippen molar-refractivity contribution in [3.63, 3.8) is 0 Å². The third kappa shape index (κ3) is 2.73. The number of aromatic nitrogens is 2. The summed E-state index contributed by atoms with van der Waals surface area (Å²) in [5.74, 6) is 0.560. The van der Waals surface area contributed by atoms with E-state index in [-0.39, 0.29) is 5.56 Å². The summed E-state index contributed by atoms with van der Waals surface area (Å²) in [6.07, 6.45) is 4.96. The smallest absolute Gasteiger partial charge is 0.349 e. The van der Waals surface area contributed by atoms with Gasteiger partial charge in [0.05, 0.1) is 17.4 Å². The molecule has 0 atom stereocenters. The lowest BCUT2D eigenvalue weighted by molar-refractivity contribution is 0.102. The molecule has 4 rings (SSSR count). The van der Waals surface area contributed by atoms with Crippen LogP contribution in [-0.2, 0) is 7.05 Å². The molecule has 2 aromatic heterocycles. The van der Waals surface area contributed by atoms with Crippen molar-refractivity contribution in [3.8, 4) is 0 Å². The normalized spacial score (nSPS) is 14.5. The molecule has 6 heteroatoms. The zero-order valence-corrected chi connectivity index (χ0v) is 14.2. The standard InChI is InChI=1S/C19H19N3O3/c1-11-8-16(12-4-3-5-12)25-19(24)17(11)18(23)21-13-6-7-14-15(9-13)22(2)10-20-14/h6-10,12H,3-5H2,1-2H3,(H,21,23). The average Bonchev–Trinajstić information content (AvgIpc) is 2.86. The highest BCUT2D eigenvalue weighted by Gasteiger charge is 2.25. The predicted octanol–water partition coefficient (Wildman–Crippen LogP) is 3.35. The molecule has 1 saturated carbocycles. The minimum Gasteiger partial charge on any atom is -0.427 e. The summed E-state index contributed by atoms with van der Waals surface area (Å²) in [6.45, 7) is 1.78. The van der Waals surface area contributed by atoms with E-state index in [0.717, 1.165) is 30.3 Å². The van der Waals surface area contributed by atoms with Gasteiger partial charge in [-0.05, 0) is 49.6 Å². The molecule has 1 aliphatic rings. The van der Waals surface area contributed by atoms with Crippen molar-refractivity contribution in [1.82, 2.24) is 9.55 Å². The number of hydrogen-bond donors (Lipinski definition) is 1. The minimum absolute atomic E-state index is 0.0631. The number of hydrogen-bond acceptors (Lipinski definition) is 4. The third-order valence-electron chi connectivity index (χ3n) is 4.89. The molecule has 0 aliphatic heterocycles. The van der Waals surface area contributed by atoms with Crippen LogP contribution in [0.4, 0.5) is 5.69 Å². The van der Waals surface area contributed by atoms with Gasteiger partial charge in [0.25, 0.3) is 5.91 Å². The van der Waals surface area contributed by atoms with Crippen LogP contribution in [-0.4, -0.2) is 15.5 Å². The summed E-state index contributed by atoms with van der Waals surface area (Å²) in [5.41, 5.74) is 2.51. The second-order valence-corrected chi connectivity index (χ2v) is 6.64. The molecule has 128 valence electrons. The van der Waals surface area contributed by atoms with Crippen LogP contribution in [0.25, 0.3) is 11.0 Å². The van der Waals surface area contributed by atoms with Crippen molar-refractivity contribution >= 4 is 22.6 Å². The SMILES string of the molecule is Cc1cc(C2CCC2)oc(=O)c1C(=O)Nc1ccc2ncn(C)c2c1. The first-order chi connectivity index (χ1) is 12.0. The van der Waals surface area contributed by atoms with E-state index < -0.39 is 11.5 Å². The largest absolute Gasteiger partial charge is 0.427 e. The molecule has 2 heterocycles. The van der Waals surface area contributed by atoms with Crippen molar-refractivity contribution in [2.75, 3.05) is 5.32 Å². The summed E-state index contributed by atoms with van der Waals surface area (Å²) in [7, 11) is 1.89. The van der Waals surface area contributed by atoms with Crippen LogP contribution in [0.2, 0.25) is 0 Å². The highest BCUT2D eigenvalue weighted by Crippen LogP contribution is 2.36. The first kappa shape index (κ1) is 15.6. The zero-order chi connectivity index (χ0) is 17.6. The Morgan fingerprint density at radius 1 is 1.32 bits per heavy atom. The molecule has 1 aliphatic carbocycles. The highest BCUT2D eigenvalue weighted by molar-refractivity contribution is 6.05. The van der Waals surface area contributed by atoms with Crippen LogP contribution in [0.3, 0.4) is 0 Å². The Kier molecular flexibility index (Phi) is 3.67. The van der Waals surface area contributed by atoms with Crippen molar-refractivity contribution in [2.24, 2.45) is 7.05 Å². The lowest BCUT2D eigenvalue weighted by Crippen LogP contribution is -2.24. The molecule has 0 saturated heterocycles. The molecular weight excluding hydrogens is 318 g/mol. The fourth-order valence-electron chi connectivity index (χ4n) is 3.20. The molecule has 0 spiro atoms. The summed E-state index contributed by atoms with van der Waals surface area (Å²) >= 11 is 0. The van der Waals surface area contributed by atoms with Gasteiger partial charge in [0.2, 0.25) is 0 Å². The van der Waals surface area contributed by atoms with E-state index in [2.05, 4.69) is 10.3 Å². The van der Waals surface area contributed by atoms with Gasteiger partial charge in [-0.1, -0.05) is 6.42 Å². The van der Waals surface area contributed by atoms with Gasteiger partial charge < -0.3 is 14.3 Å². The third-order valence-corrected chi connectivity index (χ3v) is 4.89. The molecule has 6 nitrogen and oxygen atoms in total. The fraction of sp³-hybridized carbons (Fsp3) is 0.316. The number of aryl methyl sites for hydroxylation is 2. The van der Waals surface area contributed by atoms with Crippen molar-refractivity contribution in [1.29, 1.82) is 0 Å². The van der Waals surface area contributed by atoms with E-state index in [1.165, 1.54) is 0 Å². The Hall–Kier alpha value is -2.89. The van der Waals surface area contributed by atoms with Gasteiger partial charge >= 0.3 is 5.63 Å². The number of imidazole rings is 1. The van der Waals surface area contributed by atoms with Crippen molar-refractivity contribution < 1.29 is 9.21 Å². The Morgan fingerprint density at radius 3 is 2.80 bits per heavy atom. The molecule has 1 aromatic carbocycles. The molecule has 25 heavy (non-hydrogen) atoms. The summed E-state index contributed by atoms with van der Waals surface area (Å²) in [6, 6.07) is 7.26. The van der Waals surface area contributed by atoms with Crippen LogP contribution in [0.5, 0.6) is 0 Å². The van der Waals surface area contributed by atoms with E-state index in [1.807, 2.05) is 29.8 Å². The average molecular weight is 337 g/mol. The quantitative estimate of drug-likeness (QED) is 0.795. The molecule has 0 radical (unpaired) electrons. The van der Waals surface area contributed by atoms with Crippen molar-refractivity contribution in [2.45, 2.75) is 32.1 Å². The molecular formula is C19H19N3O3. The molecule has 1 N–H and O–H groups in total. The van der Waals surface area contributed by atoms with Gasteiger partial charge in [-0.2, -0.15) is 0 Å².